The number of hydrogen-bond acceptors (Lipinski definition) is 4. The van der Waals surface area contributed by atoms with Crippen LogP contribution in [0.15, 0.2) is 35.3 Å². The summed E-state index contributed by atoms with van der Waals surface area (Å²) in [6.07, 6.45) is 3.35. The van der Waals surface area contributed by atoms with Gasteiger partial charge >= 0.3 is 0 Å². The third kappa shape index (κ3) is 2.49. The molecule has 0 spiro atoms. The number of piperidine rings is 1. The fourth-order valence-corrected chi connectivity index (χ4v) is 2.85. The maximum absolute atomic E-state index is 12.2. The molecule has 0 bridgehead atoms. The van der Waals surface area contributed by atoms with Crippen molar-refractivity contribution in [1.29, 1.82) is 0 Å². The minimum Gasteiger partial charge on any atom is -0.369 e. The largest absolute Gasteiger partial charge is 0.369 e. The second kappa shape index (κ2) is 5.20. The van der Waals surface area contributed by atoms with E-state index in [-0.39, 0.29) is 23.4 Å². The smallest absolute Gasteiger partial charge is 0.259 e. The van der Waals surface area contributed by atoms with E-state index in [9.17, 15) is 9.59 Å². The molecular formula is C15H18N4O2. The van der Waals surface area contributed by atoms with Gasteiger partial charge in [-0.15, -0.1) is 0 Å². The third-order valence-electron chi connectivity index (χ3n) is 4.14. The lowest BCUT2D eigenvalue weighted by molar-refractivity contribution is -0.122. The molecule has 1 aliphatic heterocycles. The predicted octanol–water partition coefficient (Wildman–Crippen LogP) is 0.785. The maximum Gasteiger partial charge on any atom is 0.259 e. The number of carbonyl (C=O) groups excluding carboxylic acids is 1. The maximum atomic E-state index is 12.2. The van der Waals surface area contributed by atoms with Crippen LogP contribution >= 0.6 is 0 Å². The van der Waals surface area contributed by atoms with Crippen LogP contribution in [0.3, 0.4) is 0 Å². The molecule has 1 saturated heterocycles. The minimum absolute atomic E-state index is 0.121. The van der Waals surface area contributed by atoms with Crippen LogP contribution < -0.4 is 16.2 Å². The van der Waals surface area contributed by atoms with Gasteiger partial charge in [0.25, 0.3) is 5.56 Å². The number of primary amides is 1. The van der Waals surface area contributed by atoms with E-state index in [2.05, 4.69) is 11.9 Å². The van der Waals surface area contributed by atoms with Gasteiger partial charge in [0.15, 0.2) is 0 Å². The van der Waals surface area contributed by atoms with Gasteiger partial charge in [0.2, 0.25) is 5.91 Å². The second-order valence-electron chi connectivity index (χ2n) is 5.56. The van der Waals surface area contributed by atoms with Crippen LogP contribution in [0.4, 0.5) is 5.82 Å². The van der Waals surface area contributed by atoms with Crippen LogP contribution in [0.2, 0.25) is 0 Å². The highest BCUT2D eigenvalue weighted by atomic mass is 16.1. The normalized spacial score (nSPS) is 22.4. The summed E-state index contributed by atoms with van der Waals surface area (Å²) in [7, 11) is 0. The SMILES string of the molecule is C[C@H]1CC[C@H](C(N)=O)CN1c1cc(=O)n2ccccc2n1. The molecule has 1 fully saturated rings. The van der Waals surface area contributed by atoms with Crippen molar-refractivity contribution in [2.75, 3.05) is 11.4 Å². The number of aromatic nitrogens is 2. The molecule has 1 aliphatic rings. The molecule has 0 unspecified atom stereocenters. The van der Waals surface area contributed by atoms with Crippen LogP contribution in [0.1, 0.15) is 19.8 Å². The first kappa shape index (κ1) is 13.6. The summed E-state index contributed by atoms with van der Waals surface area (Å²) in [6, 6.07) is 7.19. The van der Waals surface area contributed by atoms with Crippen LogP contribution in [0.5, 0.6) is 0 Å². The summed E-state index contributed by atoms with van der Waals surface area (Å²) in [4.78, 5) is 30.1. The average Bonchev–Trinajstić information content (AvgIpc) is 2.47. The summed E-state index contributed by atoms with van der Waals surface area (Å²) in [5.41, 5.74) is 5.91. The third-order valence-corrected chi connectivity index (χ3v) is 4.14. The summed E-state index contributed by atoms with van der Waals surface area (Å²) >= 11 is 0. The number of pyridine rings is 1. The van der Waals surface area contributed by atoms with Gasteiger partial charge in [-0.2, -0.15) is 0 Å². The van der Waals surface area contributed by atoms with E-state index in [1.165, 1.54) is 10.5 Å². The average molecular weight is 286 g/mol. The Hall–Kier alpha value is -2.37. The van der Waals surface area contributed by atoms with Crippen LogP contribution in [0, 0.1) is 5.92 Å². The van der Waals surface area contributed by atoms with Crippen molar-refractivity contribution in [1.82, 2.24) is 9.38 Å². The quantitative estimate of drug-likeness (QED) is 0.885. The van der Waals surface area contributed by atoms with Crippen molar-refractivity contribution < 1.29 is 4.79 Å². The van der Waals surface area contributed by atoms with Crippen molar-refractivity contribution in [2.45, 2.75) is 25.8 Å². The number of nitrogens with zero attached hydrogens (tertiary/aromatic N) is 3. The van der Waals surface area contributed by atoms with Gasteiger partial charge in [0, 0.05) is 24.8 Å². The number of anilines is 1. The topological polar surface area (TPSA) is 80.7 Å². The Morgan fingerprint density at radius 2 is 2.19 bits per heavy atom. The lowest BCUT2D eigenvalue weighted by Crippen LogP contribution is -2.46. The minimum atomic E-state index is -0.288. The van der Waals surface area contributed by atoms with E-state index in [1.54, 1.807) is 18.3 Å². The van der Waals surface area contributed by atoms with Crippen LogP contribution in [-0.4, -0.2) is 27.9 Å². The molecule has 21 heavy (non-hydrogen) atoms. The second-order valence-corrected chi connectivity index (χ2v) is 5.56. The number of fused-ring (bicyclic) bond motifs is 1. The number of amides is 1. The molecule has 110 valence electrons. The highest BCUT2D eigenvalue weighted by molar-refractivity contribution is 5.77. The number of nitrogens with two attached hydrogens (primary N) is 1. The Kier molecular flexibility index (Phi) is 3.37. The summed E-state index contributed by atoms with van der Waals surface area (Å²) in [5.74, 6) is 0.145. The van der Waals surface area contributed by atoms with E-state index in [0.717, 1.165) is 12.8 Å². The monoisotopic (exact) mass is 286 g/mol. The van der Waals surface area contributed by atoms with Gasteiger partial charge in [-0.3, -0.25) is 14.0 Å². The molecule has 0 saturated carbocycles. The highest BCUT2D eigenvalue weighted by Crippen LogP contribution is 2.25. The van der Waals surface area contributed by atoms with Gasteiger partial charge in [-0.25, -0.2) is 4.98 Å². The molecule has 0 aromatic carbocycles. The van der Waals surface area contributed by atoms with Gasteiger partial charge in [-0.05, 0) is 31.9 Å². The number of carbonyl (C=O) groups is 1. The van der Waals surface area contributed by atoms with Crippen LogP contribution in [-0.2, 0) is 4.79 Å². The zero-order chi connectivity index (χ0) is 15.0. The van der Waals surface area contributed by atoms with Crippen molar-refractivity contribution in [3.63, 3.8) is 0 Å². The fraction of sp³-hybridized carbons (Fsp3) is 0.400. The molecule has 2 atom stereocenters. The zero-order valence-corrected chi connectivity index (χ0v) is 11.9. The highest BCUT2D eigenvalue weighted by Gasteiger charge is 2.29. The summed E-state index contributed by atoms with van der Waals surface area (Å²) < 4.78 is 1.50. The molecule has 2 aromatic rings. The van der Waals surface area contributed by atoms with Crippen molar-refractivity contribution >= 4 is 17.4 Å². The Labute approximate surface area is 122 Å². The zero-order valence-electron chi connectivity index (χ0n) is 11.9. The van der Waals surface area contributed by atoms with Gasteiger partial charge in [0.1, 0.15) is 11.5 Å². The van der Waals surface area contributed by atoms with Crippen molar-refractivity contribution in [3.8, 4) is 0 Å². The Morgan fingerprint density at radius 1 is 1.38 bits per heavy atom. The predicted molar refractivity (Wildman–Crippen MR) is 80.2 cm³/mol. The Bertz CT molecular complexity index is 740. The van der Waals surface area contributed by atoms with Crippen LogP contribution in [0.25, 0.3) is 5.65 Å². The van der Waals surface area contributed by atoms with E-state index in [4.69, 9.17) is 5.73 Å². The van der Waals surface area contributed by atoms with Crippen molar-refractivity contribution in [2.24, 2.45) is 11.7 Å². The molecule has 6 nitrogen and oxygen atoms in total. The molecular weight excluding hydrogens is 268 g/mol. The molecule has 1 amide bonds. The van der Waals surface area contributed by atoms with E-state index >= 15 is 0 Å². The first-order chi connectivity index (χ1) is 10.1. The molecule has 2 aromatic heterocycles. The molecule has 0 radical (unpaired) electrons. The van der Waals surface area contributed by atoms with Gasteiger partial charge < -0.3 is 10.6 Å². The lowest BCUT2D eigenvalue weighted by atomic mass is 9.93. The first-order valence-electron chi connectivity index (χ1n) is 7.10. The molecule has 2 N–H and O–H groups in total. The lowest BCUT2D eigenvalue weighted by Gasteiger charge is -2.37. The number of hydrogen-bond donors (Lipinski definition) is 1. The van der Waals surface area contributed by atoms with Gasteiger partial charge in [-0.1, -0.05) is 6.07 Å². The fourth-order valence-electron chi connectivity index (χ4n) is 2.85. The summed E-state index contributed by atoms with van der Waals surface area (Å²) in [6.45, 7) is 2.59. The van der Waals surface area contributed by atoms with Crippen molar-refractivity contribution in [3.05, 3.63) is 40.8 Å². The van der Waals surface area contributed by atoms with Gasteiger partial charge in [0.05, 0.1) is 5.92 Å². The van der Waals surface area contributed by atoms with E-state index in [1.807, 2.05) is 11.0 Å². The molecule has 3 rings (SSSR count). The molecule has 6 heteroatoms. The molecule has 0 aliphatic carbocycles. The molecule has 3 heterocycles. The van der Waals surface area contributed by atoms with E-state index < -0.39 is 0 Å². The summed E-state index contributed by atoms with van der Waals surface area (Å²) in [5, 5.41) is 0. The Morgan fingerprint density at radius 3 is 2.95 bits per heavy atom. The first-order valence-corrected chi connectivity index (χ1v) is 7.10. The Balaban J connectivity index is 2.02. The number of rotatable bonds is 2. The standard InChI is InChI=1S/C15H18N4O2/c1-10-5-6-11(15(16)21)9-19(10)13-8-14(20)18-7-3-2-4-12(18)17-13/h2-4,7-8,10-11H,5-6,9H2,1H3,(H2,16,21)/t10-,11-/m0/s1. The van der Waals surface area contributed by atoms with E-state index in [0.29, 0.717) is 18.0 Å².